The Morgan fingerprint density at radius 2 is 2.05 bits per heavy atom. The Labute approximate surface area is 131 Å². The van der Waals surface area contributed by atoms with Gasteiger partial charge in [-0.1, -0.05) is 19.1 Å². The minimum atomic E-state index is -0.223. The summed E-state index contributed by atoms with van der Waals surface area (Å²) in [6, 6.07) is 6.81. The van der Waals surface area contributed by atoms with E-state index in [1.807, 2.05) is 0 Å². The van der Waals surface area contributed by atoms with Gasteiger partial charge in [0.05, 0.1) is 0 Å². The van der Waals surface area contributed by atoms with Crippen LogP contribution in [0.4, 0.5) is 4.39 Å². The number of carbonyl (C=O) groups excluding carboxylic acids is 1. The van der Waals surface area contributed by atoms with Crippen molar-refractivity contribution >= 4 is 18.3 Å². The van der Waals surface area contributed by atoms with Crippen LogP contribution in [0.5, 0.6) is 0 Å². The van der Waals surface area contributed by atoms with Gasteiger partial charge in [0.1, 0.15) is 5.82 Å². The molecule has 0 bridgehead atoms. The second kappa shape index (κ2) is 6.75. The summed E-state index contributed by atoms with van der Waals surface area (Å²) in [5.74, 6) is 0.767. The predicted octanol–water partition coefficient (Wildman–Crippen LogP) is 2.47. The van der Waals surface area contributed by atoms with E-state index in [1.54, 1.807) is 12.1 Å². The summed E-state index contributed by atoms with van der Waals surface area (Å²) in [7, 11) is 0. The molecular formula is C16H22ClFN2O. The summed E-state index contributed by atoms with van der Waals surface area (Å²) in [6.45, 7) is 4.11. The molecule has 21 heavy (non-hydrogen) atoms. The first-order valence-corrected chi connectivity index (χ1v) is 7.41. The van der Waals surface area contributed by atoms with Crippen LogP contribution < -0.4 is 10.6 Å². The number of amides is 1. The molecule has 1 saturated heterocycles. The van der Waals surface area contributed by atoms with E-state index in [-0.39, 0.29) is 36.0 Å². The topological polar surface area (TPSA) is 41.1 Å². The molecule has 1 aromatic carbocycles. The molecule has 2 N–H and O–H groups in total. The van der Waals surface area contributed by atoms with Crippen molar-refractivity contribution in [2.75, 3.05) is 13.1 Å². The van der Waals surface area contributed by atoms with Gasteiger partial charge in [0.2, 0.25) is 5.91 Å². The van der Waals surface area contributed by atoms with Crippen molar-refractivity contribution in [1.29, 1.82) is 0 Å². The molecule has 3 nitrogen and oxygen atoms in total. The molecule has 1 aliphatic heterocycles. The highest BCUT2D eigenvalue weighted by Gasteiger charge is 2.44. The number of benzene rings is 1. The Bertz CT molecular complexity index is 494. The molecule has 1 saturated carbocycles. The number of rotatable bonds is 3. The summed E-state index contributed by atoms with van der Waals surface area (Å²) in [5, 5.41) is 6.52. The van der Waals surface area contributed by atoms with Crippen LogP contribution in [0.1, 0.15) is 31.2 Å². The minimum Gasteiger partial charge on any atom is -0.353 e. The number of hydrogen-bond donors (Lipinski definition) is 2. The molecule has 1 heterocycles. The Balaban J connectivity index is 0.00000161. The molecule has 0 spiro atoms. The molecule has 1 aromatic rings. The number of piperidine rings is 1. The second-order valence-corrected chi connectivity index (χ2v) is 6.09. The van der Waals surface area contributed by atoms with Crippen LogP contribution in [-0.2, 0) is 4.79 Å². The van der Waals surface area contributed by atoms with E-state index in [9.17, 15) is 9.18 Å². The number of nitrogens with one attached hydrogen (secondary N) is 2. The quantitative estimate of drug-likeness (QED) is 0.900. The molecule has 116 valence electrons. The van der Waals surface area contributed by atoms with E-state index in [1.165, 1.54) is 12.1 Å². The maximum absolute atomic E-state index is 12.9. The molecule has 3 rings (SSSR count). The number of hydrogen-bond acceptors (Lipinski definition) is 2. The number of carbonyl (C=O) groups is 1. The summed E-state index contributed by atoms with van der Waals surface area (Å²) in [6.07, 6.45) is 1.89. The van der Waals surface area contributed by atoms with Crippen molar-refractivity contribution in [3.05, 3.63) is 35.6 Å². The lowest BCUT2D eigenvalue weighted by molar-refractivity contribution is -0.123. The van der Waals surface area contributed by atoms with Gasteiger partial charge >= 0.3 is 0 Å². The molecule has 1 amide bonds. The third-order valence-corrected chi connectivity index (χ3v) is 4.54. The summed E-state index contributed by atoms with van der Waals surface area (Å²) < 4.78 is 12.9. The first kappa shape index (κ1) is 16.2. The van der Waals surface area contributed by atoms with Crippen LogP contribution in [-0.4, -0.2) is 25.0 Å². The highest BCUT2D eigenvalue weighted by Crippen LogP contribution is 2.47. The first-order valence-electron chi connectivity index (χ1n) is 7.41. The van der Waals surface area contributed by atoms with Crippen LogP contribution in [0.2, 0.25) is 0 Å². The van der Waals surface area contributed by atoms with Gasteiger partial charge in [-0.2, -0.15) is 0 Å². The van der Waals surface area contributed by atoms with Crippen molar-refractivity contribution in [1.82, 2.24) is 10.6 Å². The highest BCUT2D eigenvalue weighted by atomic mass is 35.5. The molecule has 0 radical (unpaired) electrons. The summed E-state index contributed by atoms with van der Waals surface area (Å²) >= 11 is 0. The minimum absolute atomic E-state index is 0. The van der Waals surface area contributed by atoms with Crippen molar-refractivity contribution in [2.24, 2.45) is 11.8 Å². The van der Waals surface area contributed by atoms with Crippen LogP contribution >= 0.6 is 12.4 Å². The van der Waals surface area contributed by atoms with E-state index < -0.39 is 0 Å². The van der Waals surface area contributed by atoms with Gasteiger partial charge in [-0.05, 0) is 55.5 Å². The standard InChI is InChI=1S/C16H21FN2O.ClH/c1-10-9-18-7-6-15(10)19-16(20)14-8-13(14)11-2-4-12(17)5-3-11;/h2-5,10,13-15,18H,6-9H2,1H3,(H,19,20);1H. The van der Waals surface area contributed by atoms with Gasteiger partial charge in [0.25, 0.3) is 0 Å². The Morgan fingerprint density at radius 1 is 1.33 bits per heavy atom. The van der Waals surface area contributed by atoms with Gasteiger partial charge in [-0.3, -0.25) is 4.79 Å². The molecule has 4 unspecified atom stereocenters. The highest BCUT2D eigenvalue weighted by molar-refractivity contribution is 5.85. The van der Waals surface area contributed by atoms with Crippen LogP contribution in [0, 0.1) is 17.7 Å². The molecule has 1 aliphatic carbocycles. The molecule has 2 aliphatic rings. The zero-order chi connectivity index (χ0) is 14.1. The van der Waals surface area contributed by atoms with Gasteiger partial charge in [0, 0.05) is 12.0 Å². The SMILES string of the molecule is CC1CNCCC1NC(=O)C1CC1c1ccc(F)cc1.Cl. The smallest absolute Gasteiger partial charge is 0.223 e. The fourth-order valence-corrected chi connectivity index (χ4v) is 3.08. The lowest BCUT2D eigenvalue weighted by Gasteiger charge is -2.30. The van der Waals surface area contributed by atoms with Gasteiger partial charge in [-0.15, -0.1) is 12.4 Å². The fourth-order valence-electron chi connectivity index (χ4n) is 3.08. The van der Waals surface area contributed by atoms with Crippen LogP contribution in [0.25, 0.3) is 0 Å². The second-order valence-electron chi connectivity index (χ2n) is 6.09. The third-order valence-electron chi connectivity index (χ3n) is 4.54. The number of halogens is 2. The predicted molar refractivity (Wildman–Crippen MR) is 83.1 cm³/mol. The van der Waals surface area contributed by atoms with Gasteiger partial charge in [0.15, 0.2) is 0 Å². The maximum atomic E-state index is 12.9. The molecular weight excluding hydrogens is 291 g/mol. The first-order chi connectivity index (χ1) is 9.65. The molecule has 2 fully saturated rings. The lowest BCUT2D eigenvalue weighted by Crippen LogP contribution is -2.48. The van der Waals surface area contributed by atoms with Crippen molar-refractivity contribution in [2.45, 2.75) is 31.7 Å². The van der Waals surface area contributed by atoms with E-state index in [0.717, 1.165) is 31.5 Å². The Kier molecular flexibility index (Phi) is 5.22. The summed E-state index contributed by atoms with van der Waals surface area (Å²) in [4.78, 5) is 12.3. The Morgan fingerprint density at radius 3 is 2.71 bits per heavy atom. The van der Waals surface area contributed by atoms with E-state index in [2.05, 4.69) is 17.6 Å². The summed E-state index contributed by atoms with van der Waals surface area (Å²) in [5.41, 5.74) is 1.07. The van der Waals surface area contributed by atoms with E-state index in [4.69, 9.17) is 0 Å². The molecule has 4 atom stereocenters. The molecule has 5 heteroatoms. The normalized spacial score (nSPS) is 31.1. The lowest BCUT2D eigenvalue weighted by atomic mass is 9.95. The van der Waals surface area contributed by atoms with Crippen molar-refractivity contribution < 1.29 is 9.18 Å². The Hall–Kier alpha value is -1.13. The van der Waals surface area contributed by atoms with Crippen molar-refractivity contribution in [3.63, 3.8) is 0 Å². The van der Waals surface area contributed by atoms with Crippen molar-refractivity contribution in [3.8, 4) is 0 Å². The maximum Gasteiger partial charge on any atom is 0.223 e. The average molecular weight is 313 g/mol. The van der Waals surface area contributed by atoms with Crippen LogP contribution in [0.3, 0.4) is 0 Å². The van der Waals surface area contributed by atoms with E-state index in [0.29, 0.717) is 12.0 Å². The monoisotopic (exact) mass is 312 g/mol. The molecule has 0 aromatic heterocycles. The zero-order valence-corrected chi connectivity index (χ0v) is 13.0. The van der Waals surface area contributed by atoms with Gasteiger partial charge < -0.3 is 10.6 Å². The van der Waals surface area contributed by atoms with Crippen LogP contribution in [0.15, 0.2) is 24.3 Å². The zero-order valence-electron chi connectivity index (χ0n) is 12.1. The van der Waals surface area contributed by atoms with Gasteiger partial charge in [-0.25, -0.2) is 4.39 Å². The largest absolute Gasteiger partial charge is 0.353 e. The third kappa shape index (κ3) is 3.74. The average Bonchev–Trinajstić information content (AvgIpc) is 3.23. The van der Waals surface area contributed by atoms with E-state index >= 15 is 0 Å². The fraction of sp³-hybridized carbons (Fsp3) is 0.562.